The van der Waals surface area contributed by atoms with Crippen LogP contribution in [0, 0.1) is 13.8 Å². The zero-order chi connectivity index (χ0) is 13.6. The second-order valence-electron chi connectivity index (χ2n) is 4.40. The Bertz CT molecular complexity index is 780. The summed E-state index contributed by atoms with van der Waals surface area (Å²) in [6.07, 6.45) is 0. The molecule has 0 radical (unpaired) electrons. The number of aryl methyl sites for hydroxylation is 2. The number of rotatable bonds is 1. The van der Waals surface area contributed by atoms with Crippen LogP contribution in [-0.2, 0) is 0 Å². The summed E-state index contributed by atoms with van der Waals surface area (Å²) in [7, 11) is 0. The molecule has 5 heteroatoms. The molecule has 0 aliphatic carbocycles. The van der Waals surface area contributed by atoms with Gasteiger partial charge in [-0.15, -0.1) is 0 Å². The zero-order valence-corrected chi connectivity index (χ0v) is 11.3. The molecule has 0 aliphatic heterocycles. The largest absolute Gasteiger partial charge is 0.453 e. The summed E-state index contributed by atoms with van der Waals surface area (Å²) in [5.74, 6) is 0.939. The highest BCUT2D eigenvalue weighted by Crippen LogP contribution is 2.33. The number of furan rings is 1. The van der Waals surface area contributed by atoms with Crippen molar-refractivity contribution < 1.29 is 4.42 Å². The van der Waals surface area contributed by atoms with Gasteiger partial charge in [0, 0.05) is 5.39 Å². The first-order valence-corrected chi connectivity index (χ1v) is 6.23. The minimum absolute atomic E-state index is 0.360. The molecule has 1 aromatic carbocycles. The fourth-order valence-corrected chi connectivity index (χ4v) is 2.17. The Hall–Kier alpha value is -2.07. The Morgan fingerprint density at radius 3 is 2.63 bits per heavy atom. The lowest BCUT2D eigenvalue weighted by molar-refractivity contribution is 0.628. The highest BCUT2D eigenvalue weighted by molar-refractivity contribution is 6.34. The van der Waals surface area contributed by atoms with E-state index in [2.05, 4.69) is 9.97 Å². The smallest absolute Gasteiger partial charge is 0.157 e. The van der Waals surface area contributed by atoms with E-state index in [1.165, 1.54) is 0 Å². The monoisotopic (exact) mass is 273 g/mol. The third-order valence-electron chi connectivity index (χ3n) is 3.06. The van der Waals surface area contributed by atoms with Crippen LogP contribution in [0.5, 0.6) is 0 Å². The first-order chi connectivity index (χ1) is 9.06. The van der Waals surface area contributed by atoms with Gasteiger partial charge in [0.05, 0.1) is 16.4 Å². The maximum absolute atomic E-state index is 6.09. The van der Waals surface area contributed by atoms with E-state index in [1.807, 2.05) is 32.0 Å². The van der Waals surface area contributed by atoms with Gasteiger partial charge in [0.15, 0.2) is 17.2 Å². The number of halogens is 1. The molecule has 0 amide bonds. The molecule has 2 heterocycles. The number of benzene rings is 1. The number of fused-ring (bicyclic) bond motifs is 1. The average molecular weight is 274 g/mol. The van der Waals surface area contributed by atoms with Crippen LogP contribution >= 0.6 is 11.6 Å². The van der Waals surface area contributed by atoms with Gasteiger partial charge >= 0.3 is 0 Å². The molecule has 19 heavy (non-hydrogen) atoms. The molecule has 2 N–H and O–H groups in total. The standard InChI is InChI=1S/C14H12ClN3O/c1-7-8(2)18-14(16)12(17-7)11-6-9-4-3-5-10(15)13(9)19-11/h3-6H,1-2H3,(H2,16,18). The molecule has 0 aliphatic rings. The number of hydrogen-bond acceptors (Lipinski definition) is 4. The van der Waals surface area contributed by atoms with E-state index in [0.717, 1.165) is 16.8 Å². The van der Waals surface area contributed by atoms with E-state index < -0.39 is 0 Å². The Labute approximate surface area is 115 Å². The number of nitrogen functional groups attached to an aromatic ring is 1. The highest BCUT2D eigenvalue weighted by atomic mass is 35.5. The Morgan fingerprint density at radius 1 is 1.16 bits per heavy atom. The molecule has 0 saturated carbocycles. The molecular weight excluding hydrogens is 262 g/mol. The molecule has 2 aromatic heterocycles. The normalized spacial score (nSPS) is 11.1. The Balaban J connectivity index is 2.25. The first kappa shape index (κ1) is 12.0. The minimum Gasteiger partial charge on any atom is -0.453 e. The van der Waals surface area contributed by atoms with Gasteiger partial charge in [0.1, 0.15) is 5.69 Å². The molecular formula is C14H12ClN3O. The van der Waals surface area contributed by atoms with E-state index in [0.29, 0.717) is 27.9 Å². The fraction of sp³-hybridized carbons (Fsp3) is 0.143. The number of aromatic nitrogens is 2. The molecule has 3 aromatic rings. The summed E-state index contributed by atoms with van der Waals surface area (Å²) < 4.78 is 5.75. The van der Waals surface area contributed by atoms with Crippen molar-refractivity contribution in [1.82, 2.24) is 9.97 Å². The lowest BCUT2D eigenvalue weighted by Gasteiger charge is -2.04. The fourth-order valence-electron chi connectivity index (χ4n) is 1.95. The number of nitrogens with zero attached hydrogens (tertiary/aromatic N) is 2. The van der Waals surface area contributed by atoms with Gasteiger partial charge < -0.3 is 10.2 Å². The third-order valence-corrected chi connectivity index (χ3v) is 3.36. The molecule has 0 saturated heterocycles. The van der Waals surface area contributed by atoms with Crippen molar-refractivity contribution in [3.05, 3.63) is 40.7 Å². The molecule has 0 fully saturated rings. The van der Waals surface area contributed by atoms with Gasteiger partial charge in [-0.05, 0) is 26.0 Å². The van der Waals surface area contributed by atoms with E-state index in [9.17, 15) is 0 Å². The van der Waals surface area contributed by atoms with Crippen LogP contribution in [0.25, 0.3) is 22.4 Å². The van der Waals surface area contributed by atoms with E-state index >= 15 is 0 Å². The molecule has 0 unspecified atom stereocenters. The second-order valence-corrected chi connectivity index (χ2v) is 4.80. The predicted octanol–water partition coefficient (Wildman–Crippen LogP) is 3.74. The Morgan fingerprint density at radius 2 is 1.89 bits per heavy atom. The van der Waals surface area contributed by atoms with Gasteiger partial charge in [0.2, 0.25) is 0 Å². The number of para-hydroxylation sites is 1. The van der Waals surface area contributed by atoms with Gasteiger partial charge in [-0.2, -0.15) is 0 Å². The van der Waals surface area contributed by atoms with Crippen molar-refractivity contribution >= 4 is 28.4 Å². The van der Waals surface area contributed by atoms with Gasteiger partial charge in [-0.25, -0.2) is 9.97 Å². The van der Waals surface area contributed by atoms with Crippen LogP contribution in [0.2, 0.25) is 5.02 Å². The van der Waals surface area contributed by atoms with Gasteiger partial charge in [-0.3, -0.25) is 0 Å². The van der Waals surface area contributed by atoms with Crippen molar-refractivity contribution in [3.8, 4) is 11.5 Å². The molecule has 3 rings (SSSR count). The van der Waals surface area contributed by atoms with Crippen molar-refractivity contribution in [2.24, 2.45) is 0 Å². The summed E-state index contributed by atoms with van der Waals surface area (Å²) >= 11 is 6.09. The summed E-state index contributed by atoms with van der Waals surface area (Å²) in [5, 5.41) is 1.49. The van der Waals surface area contributed by atoms with Crippen LogP contribution in [0.3, 0.4) is 0 Å². The van der Waals surface area contributed by atoms with Crippen LogP contribution < -0.4 is 5.73 Å². The van der Waals surface area contributed by atoms with Crippen molar-refractivity contribution in [2.45, 2.75) is 13.8 Å². The van der Waals surface area contributed by atoms with Crippen molar-refractivity contribution in [1.29, 1.82) is 0 Å². The van der Waals surface area contributed by atoms with E-state index in [-0.39, 0.29) is 0 Å². The Kier molecular flexibility index (Phi) is 2.68. The first-order valence-electron chi connectivity index (χ1n) is 5.85. The second kappa shape index (κ2) is 4.24. The summed E-state index contributed by atoms with van der Waals surface area (Å²) in [5.41, 5.74) is 8.75. The SMILES string of the molecule is Cc1nc(N)c(-c2cc3cccc(Cl)c3o2)nc1C. The summed E-state index contributed by atoms with van der Waals surface area (Å²) in [6.45, 7) is 3.76. The van der Waals surface area contributed by atoms with Gasteiger partial charge in [-0.1, -0.05) is 23.7 Å². The average Bonchev–Trinajstić information content (AvgIpc) is 2.79. The van der Waals surface area contributed by atoms with Crippen molar-refractivity contribution in [3.63, 3.8) is 0 Å². The summed E-state index contributed by atoms with van der Waals surface area (Å²) in [4.78, 5) is 8.71. The molecule has 96 valence electrons. The molecule has 0 spiro atoms. The van der Waals surface area contributed by atoms with E-state index in [4.69, 9.17) is 21.8 Å². The lowest BCUT2D eigenvalue weighted by Crippen LogP contribution is -2.01. The molecule has 0 atom stereocenters. The molecule has 0 bridgehead atoms. The maximum Gasteiger partial charge on any atom is 0.157 e. The van der Waals surface area contributed by atoms with Gasteiger partial charge in [0.25, 0.3) is 0 Å². The molecule has 4 nitrogen and oxygen atoms in total. The van der Waals surface area contributed by atoms with Crippen LogP contribution in [-0.4, -0.2) is 9.97 Å². The number of anilines is 1. The summed E-state index contributed by atoms with van der Waals surface area (Å²) in [6, 6.07) is 7.46. The van der Waals surface area contributed by atoms with Crippen LogP contribution in [0.1, 0.15) is 11.4 Å². The minimum atomic E-state index is 0.360. The highest BCUT2D eigenvalue weighted by Gasteiger charge is 2.14. The third kappa shape index (κ3) is 1.94. The lowest BCUT2D eigenvalue weighted by atomic mass is 10.2. The quantitative estimate of drug-likeness (QED) is 0.733. The number of hydrogen-bond donors (Lipinski definition) is 1. The van der Waals surface area contributed by atoms with E-state index in [1.54, 1.807) is 6.07 Å². The van der Waals surface area contributed by atoms with Crippen molar-refractivity contribution in [2.75, 3.05) is 5.73 Å². The van der Waals surface area contributed by atoms with Crippen LogP contribution in [0.15, 0.2) is 28.7 Å². The van der Waals surface area contributed by atoms with Crippen LogP contribution in [0.4, 0.5) is 5.82 Å². The predicted molar refractivity (Wildman–Crippen MR) is 76.1 cm³/mol. The zero-order valence-electron chi connectivity index (χ0n) is 10.6. The maximum atomic E-state index is 6.09. The number of nitrogens with two attached hydrogens (primary N) is 1. The topological polar surface area (TPSA) is 64.9 Å².